The molecule has 1 rings (SSSR count). The Morgan fingerprint density at radius 3 is 1.87 bits per heavy atom. The molecule has 0 bridgehead atoms. The molecule has 0 radical (unpaired) electrons. The summed E-state index contributed by atoms with van der Waals surface area (Å²) < 4.78 is 0. The van der Waals surface area contributed by atoms with Gasteiger partial charge in [0.15, 0.2) is 0 Å². The van der Waals surface area contributed by atoms with Crippen molar-refractivity contribution >= 4 is 0 Å². The van der Waals surface area contributed by atoms with Gasteiger partial charge in [-0.3, -0.25) is 0 Å². The molecule has 0 heterocycles. The van der Waals surface area contributed by atoms with Crippen molar-refractivity contribution in [3.05, 3.63) is 0 Å². The highest BCUT2D eigenvalue weighted by atomic mass is 14.4. The van der Waals surface area contributed by atoms with Gasteiger partial charge in [0.1, 0.15) is 0 Å². The number of hydrogen-bond acceptors (Lipinski definition) is 0. The number of rotatable bonds is 11. The molecule has 0 aromatic rings. The van der Waals surface area contributed by atoms with Crippen molar-refractivity contribution < 1.29 is 0 Å². The van der Waals surface area contributed by atoms with Crippen LogP contribution in [0.15, 0.2) is 0 Å². The van der Waals surface area contributed by atoms with E-state index in [1.165, 1.54) is 44.9 Å². The Morgan fingerprint density at radius 1 is 0.826 bits per heavy atom. The molecular formula is C23H46. The van der Waals surface area contributed by atoms with E-state index in [1.54, 1.807) is 0 Å². The van der Waals surface area contributed by atoms with Crippen molar-refractivity contribution in [3.8, 4) is 0 Å². The molecule has 0 heteroatoms. The fraction of sp³-hybridized carbons (Fsp3) is 1.00. The molecule has 0 N–H and O–H groups in total. The zero-order chi connectivity index (χ0) is 17.6. The van der Waals surface area contributed by atoms with Crippen molar-refractivity contribution in [2.45, 2.75) is 100 Å². The van der Waals surface area contributed by atoms with E-state index in [0.29, 0.717) is 0 Å². The lowest BCUT2D eigenvalue weighted by molar-refractivity contribution is 0.0551. The topological polar surface area (TPSA) is 0 Å². The third kappa shape index (κ3) is 5.79. The van der Waals surface area contributed by atoms with Gasteiger partial charge >= 0.3 is 0 Å². The van der Waals surface area contributed by atoms with Gasteiger partial charge in [-0.25, -0.2) is 0 Å². The van der Waals surface area contributed by atoms with Crippen molar-refractivity contribution in [3.63, 3.8) is 0 Å². The van der Waals surface area contributed by atoms with Crippen LogP contribution in [-0.2, 0) is 0 Å². The quantitative estimate of drug-likeness (QED) is 0.363. The molecule has 1 saturated carbocycles. The Bertz CT molecular complexity index is 299. The molecule has 1 fully saturated rings. The Hall–Kier alpha value is 0. The maximum absolute atomic E-state index is 2.53. The first-order valence-corrected chi connectivity index (χ1v) is 10.8. The minimum absolute atomic E-state index is 0.839. The third-order valence-electron chi connectivity index (χ3n) is 7.48. The zero-order valence-electron chi connectivity index (χ0n) is 17.6. The standard InChI is InChI=1S/C23H46/c1-9-12-23(17(6)10-2)21-14-20(15-21)13-18(7)19(8)22(11-3)16(4)5/h16-23H,9-15H2,1-8H3. The predicted octanol–water partition coefficient (Wildman–Crippen LogP) is 7.82. The summed E-state index contributed by atoms with van der Waals surface area (Å²) in [4.78, 5) is 0. The van der Waals surface area contributed by atoms with E-state index in [9.17, 15) is 0 Å². The lowest BCUT2D eigenvalue weighted by atomic mass is 9.61. The van der Waals surface area contributed by atoms with Crippen molar-refractivity contribution in [2.24, 2.45) is 47.3 Å². The van der Waals surface area contributed by atoms with Gasteiger partial charge in [0.2, 0.25) is 0 Å². The van der Waals surface area contributed by atoms with E-state index in [0.717, 1.165) is 47.3 Å². The molecular weight excluding hydrogens is 276 g/mol. The maximum atomic E-state index is 2.53. The van der Waals surface area contributed by atoms with Crippen LogP contribution in [0.3, 0.4) is 0 Å². The van der Waals surface area contributed by atoms with Gasteiger partial charge in [0.05, 0.1) is 0 Å². The van der Waals surface area contributed by atoms with E-state index in [2.05, 4.69) is 55.4 Å². The molecule has 0 aliphatic heterocycles. The van der Waals surface area contributed by atoms with Crippen LogP contribution in [0.2, 0.25) is 0 Å². The second-order valence-corrected chi connectivity index (χ2v) is 9.32. The van der Waals surface area contributed by atoms with Crippen LogP contribution in [-0.4, -0.2) is 0 Å². The fourth-order valence-corrected chi connectivity index (χ4v) is 5.56. The first kappa shape index (κ1) is 21.0. The van der Waals surface area contributed by atoms with Crippen LogP contribution in [0.5, 0.6) is 0 Å². The van der Waals surface area contributed by atoms with E-state index in [4.69, 9.17) is 0 Å². The average Bonchev–Trinajstić information content (AvgIpc) is 2.47. The normalized spacial score (nSPS) is 28.0. The van der Waals surface area contributed by atoms with Crippen LogP contribution in [0.25, 0.3) is 0 Å². The minimum atomic E-state index is 0.839. The van der Waals surface area contributed by atoms with Gasteiger partial charge in [-0.2, -0.15) is 0 Å². The highest BCUT2D eigenvalue weighted by molar-refractivity contribution is 4.88. The molecule has 0 aromatic carbocycles. The molecule has 0 nitrogen and oxygen atoms in total. The smallest absolute Gasteiger partial charge is 0.0360 e. The summed E-state index contributed by atoms with van der Waals surface area (Å²) >= 11 is 0. The van der Waals surface area contributed by atoms with E-state index in [1.807, 2.05) is 0 Å². The summed E-state index contributed by atoms with van der Waals surface area (Å²) in [5, 5.41) is 0. The van der Waals surface area contributed by atoms with Gasteiger partial charge in [-0.1, -0.05) is 81.1 Å². The lowest BCUT2D eigenvalue weighted by Crippen LogP contribution is -2.35. The summed E-state index contributed by atoms with van der Waals surface area (Å²) in [5.41, 5.74) is 0. The molecule has 138 valence electrons. The van der Waals surface area contributed by atoms with Crippen LogP contribution in [0.1, 0.15) is 100 Å². The largest absolute Gasteiger partial charge is 0.0654 e. The molecule has 0 spiro atoms. The SMILES string of the molecule is CCCC(C(C)CC)C1CC(CC(C)C(C)C(CC)C(C)C)C1. The van der Waals surface area contributed by atoms with Crippen LogP contribution < -0.4 is 0 Å². The molecule has 5 atom stereocenters. The highest BCUT2D eigenvalue weighted by Gasteiger charge is 2.37. The summed E-state index contributed by atoms with van der Waals surface area (Å²) in [6, 6.07) is 0. The Labute approximate surface area is 148 Å². The van der Waals surface area contributed by atoms with Gasteiger partial charge in [-0.05, 0) is 66.6 Å². The Kier molecular flexibility index (Phi) is 9.24. The monoisotopic (exact) mass is 322 g/mol. The van der Waals surface area contributed by atoms with Crippen LogP contribution in [0.4, 0.5) is 0 Å². The number of hydrogen-bond donors (Lipinski definition) is 0. The first-order chi connectivity index (χ1) is 10.8. The molecule has 5 unspecified atom stereocenters. The van der Waals surface area contributed by atoms with E-state index in [-0.39, 0.29) is 0 Å². The van der Waals surface area contributed by atoms with Crippen molar-refractivity contribution in [1.29, 1.82) is 0 Å². The van der Waals surface area contributed by atoms with Crippen LogP contribution in [0, 0.1) is 47.3 Å². The van der Waals surface area contributed by atoms with Gasteiger partial charge in [-0.15, -0.1) is 0 Å². The lowest BCUT2D eigenvalue weighted by Gasteiger charge is -2.45. The molecule has 0 aromatic heterocycles. The molecule has 1 aliphatic carbocycles. The predicted molar refractivity (Wildman–Crippen MR) is 106 cm³/mol. The first-order valence-electron chi connectivity index (χ1n) is 10.8. The average molecular weight is 323 g/mol. The summed E-state index contributed by atoms with van der Waals surface area (Å²) in [5.74, 6) is 7.56. The Balaban J connectivity index is 2.44. The summed E-state index contributed by atoms with van der Waals surface area (Å²) in [6.07, 6.45) is 10.1. The van der Waals surface area contributed by atoms with Crippen molar-refractivity contribution in [1.82, 2.24) is 0 Å². The van der Waals surface area contributed by atoms with Gasteiger partial charge in [0, 0.05) is 0 Å². The molecule has 23 heavy (non-hydrogen) atoms. The summed E-state index contributed by atoms with van der Waals surface area (Å²) in [7, 11) is 0. The second-order valence-electron chi connectivity index (χ2n) is 9.32. The minimum Gasteiger partial charge on any atom is -0.0654 e. The zero-order valence-corrected chi connectivity index (χ0v) is 17.6. The van der Waals surface area contributed by atoms with Crippen molar-refractivity contribution in [2.75, 3.05) is 0 Å². The van der Waals surface area contributed by atoms with E-state index >= 15 is 0 Å². The maximum Gasteiger partial charge on any atom is -0.0360 e. The van der Waals surface area contributed by atoms with Crippen LogP contribution >= 0.6 is 0 Å². The fourth-order valence-electron chi connectivity index (χ4n) is 5.56. The second kappa shape index (κ2) is 10.1. The summed E-state index contributed by atoms with van der Waals surface area (Å²) in [6.45, 7) is 19.5. The molecule has 0 saturated heterocycles. The van der Waals surface area contributed by atoms with Gasteiger partial charge < -0.3 is 0 Å². The third-order valence-corrected chi connectivity index (χ3v) is 7.48. The molecule has 0 amide bonds. The molecule has 1 aliphatic rings. The highest BCUT2D eigenvalue weighted by Crippen LogP contribution is 2.47. The van der Waals surface area contributed by atoms with E-state index < -0.39 is 0 Å². The Morgan fingerprint density at radius 2 is 1.43 bits per heavy atom. The van der Waals surface area contributed by atoms with Gasteiger partial charge in [0.25, 0.3) is 0 Å².